The molecule has 2 aliphatic heterocycles. The highest BCUT2D eigenvalue weighted by atomic mass is 32.1. The second kappa shape index (κ2) is 11.1. The molecule has 6 rings (SSSR count). The zero-order chi connectivity index (χ0) is 29.5. The Hall–Kier alpha value is -4.51. The van der Waals surface area contributed by atoms with Crippen LogP contribution >= 0.6 is 12.2 Å². The fourth-order valence-electron chi connectivity index (χ4n) is 6.17. The molecule has 10 nitrogen and oxygen atoms in total. The maximum absolute atomic E-state index is 13.4. The molecule has 1 saturated heterocycles. The van der Waals surface area contributed by atoms with Gasteiger partial charge in [0.2, 0.25) is 12.5 Å². The summed E-state index contributed by atoms with van der Waals surface area (Å²) in [7, 11) is 4.64. The molecule has 4 atom stereocenters. The molecule has 1 amide bonds. The Morgan fingerprint density at radius 1 is 0.929 bits per heavy atom. The predicted octanol–water partition coefficient (Wildman–Crippen LogP) is 4.03. The quantitative estimate of drug-likeness (QED) is 0.322. The van der Waals surface area contributed by atoms with E-state index in [9.17, 15) is 9.59 Å². The Morgan fingerprint density at radius 2 is 1.62 bits per heavy atom. The Kier molecular flexibility index (Phi) is 7.28. The third-order valence-corrected chi connectivity index (χ3v) is 8.25. The van der Waals surface area contributed by atoms with Crippen LogP contribution in [0.2, 0.25) is 0 Å². The van der Waals surface area contributed by atoms with E-state index in [-0.39, 0.29) is 36.3 Å². The molecule has 2 heterocycles. The van der Waals surface area contributed by atoms with E-state index < -0.39 is 17.9 Å². The molecule has 0 spiro atoms. The van der Waals surface area contributed by atoms with Gasteiger partial charge in [0, 0.05) is 17.4 Å². The lowest BCUT2D eigenvalue weighted by molar-refractivity contribution is -0.141. The first-order chi connectivity index (χ1) is 20.3. The number of nitrogens with one attached hydrogen (secondary N) is 2. The first kappa shape index (κ1) is 27.6. The second-order valence-electron chi connectivity index (χ2n) is 10.4. The number of carbonyl (C=O) groups is 2. The number of rotatable bonds is 6. The van der Waals surface area contributed by atoms with Gasteiger partial charge in [-0.3, -0.25) is 14.9 Å². The monoisotopic (exact) mass is 590 g/mol. The highest BCUT2D eigenvalue weighted by Gasteiger charge is 2.53. The van der Waals surface area contributed by atoms with Crippen molar-refractivity contribution in [3.05, 3.63) is 76.3 Å². The predicted molar refractivity (Wildman–Crippen MR) is 156 cm³/mol. The van der Waals surface area contributed by atoms with Crippen molar-refractivity contribution in [2.75, 3.05) is 34.7 Å². The summed E-state index contributed by atoms with van der Waals surface area (Å²) in [5.74, 6) is 0.563. The molecule has 2 N–H and O–H groups in total. The second-order valence-corrected chi connectivity index (χ2v) is 10.8. The fourth-order valence-corrected chi connectivity index (χ4v) is 6.39. The zero-order valence-corrected chi connectivity index (χ0v) is 24.3. The number of hydrogen-bond acceptors (Lipinski definition) is 9. The molecule has 3 aromatic carbocycles. The largest absolute Gasteiger partial charge is 0.493 e. The summed E-state index contributed by atoms with van der Waals surface area (Å²) in [6.45, 7) is 2.17. The van der Waals surface area contributed by atoms with Gasteiger partial charge in [-0.1, -0.05) is 17.7 Å². The molecule has 0 unspecified atom stereocenters. The Bertz CT molecular complexity index is 1570. The highest BCUT2D eigenvalue weighted by Crippen LogP contribution is 2.55. The van der Waals surface area contributed by atoms with E-state index >= 15 is 0 Å². The molecule has 1 aliphatic carbocycles. The smallest absolute Gasteiger partial charge is 0.310 e. The highest BCUT2D eigenvalue weighted by molar-refractivity contribution is 7.80. The average Bonchev–Trinajstić information content (AvgIpc) is 3.61. The summed E-state index contributed by atoms with van der Waals surface area (Å²) in [6, 6.07) is 14.3. The third-order valence-electron chi connectivity index (χ3n) is 8.03. The number of ether oxygens (including phenoxy) is 6. The number of carbonyl (C=O) groups excluding carboxylic acids is 2. The van der Waals surface area contributed by atoms with Crippen LogP contribution in [0.4, 0.5) is 0 Å². The summed E-state index contributed by atoms with van der Waals surface area (Å²) < 4.78 is 33.9. The summed E-state index contributed by atoms with van der Waals surface area (Å²) in [5, 5.41) is 6.23. The maximum Gasteiger partial charge on any atom is 0.310 e. The molecule has 11 heteroatoms. The van der Waals surface area contributed by atoms with Crippen LogP contribution < -0.4 is 34.3 Å². The van der Waals surface area contributed by atoms with Gasteiger partial charge in [-0.25, -0.2) is 0 Å². The van der Waals surface area contributed by atoms with Gasteiger partial charge >= 0.3 is 5.97 Å². The average molecular weight is 591 g/mol. The molecular weight excluding hydrogens is 560 g/mol. The van der Waals surface area contributed by atoms with Crippen LogP contribution in [0.5, 0.6) is 28.7 Å². The molecule has 42 heavy (non-hydrogen) atoms. The summed E-state index contributed by atoms with van der Waals surface area (Å²) >= 11 is 5.61. The van der Waals surface area contributed by atoms with Crippen LogP contribution in [0.3, 0.4) is 0 Å². The number of cyclic esters (lactones) is 1. The number of amides is 1. The van der Waals surface area contributed by atoms with Gasteiger partial charge in [0.15, 0.2) is 28.1 Å². The molecule has 0 aromatic heterocycles. The molecule has 218 valence electrons. The van der Waals surface area contributed by atoms with Crippen molar-refractivity contribution in [1.82, 2.24) is 10.6 Å². The first-order valence-corrected chi connectivity index (χ1v) is 13.8. The van der Waals surface area contributed by atoms with Crippen molar-refractivity contribution >= 4 is 29.2 Å². The van der Waals surface area contributed by atoms with Gasteiger partial charge in [-0.15, -0.1) is 0 Å². The number of thiocarbonyl (C=S) groups is 1. The number of fused-ring (bicyclic) bond motifs is 3. The van der Waals surface area contributed by atoms with Crippen molar-refractivity contribution in [2.45, 2.75) is 18.9 Å². The van der Waals surface area contributed by atoms with E-state index in [4.69, 9.17) is 40.6 Å². The van der Waals surface area contributed by atoms with E-state index in [1.165, 1.54) is 7.11 Å². The molecular formula is C31H30N2O8S. The fraction of sp³-hybridized carbons (Fsp3) is 0.323. The molecule has 3 aromatic rings. The van der Waals surface area contributed by atoms with Gasteiger partial charge in [0.05, 0.1) is 39.9 Å². The van der Waals surface area contributed by atoms with Crippen LogP contribution in [-0.4, -0.2) is 51.7 Å². The van der Waals surface area contributed by atoms with E-state index in [1.807, 2.05) is 43.3 Å². The van der Waals surface area contributed by atoms with Gasteiger partial charge in [-0.05, 0) is 72.2 Å². The number of hydrogen-bond donors (Lipinski definition) is 2. The minimum atomic E-state index is -0.576. The lowest BCUT2D eigenvalue weighted by atomic mass is 9.65. The van der Waals surface area contributed by atoms with Crippen molar-refractivity contribution in [3.63, 3.8) is 0 Å². The van der Waals surface area contributed by atoms with Crippen LogP contribution in [-0.2, 0) is 9.53 Å². The lowest BCUT2D eigenvalue weighted by Crippen LogP contribution is -2.47. The van der Waals surface area contributed by atoms with E-state index in [0.717, 1.165) is 22.3 Å². The first-order valence-electron chi connectivity index (χ1n) is 13.4. The minimum Gasteiger partial charge on any atom is -0.493 e. The van der Waals surface area contributed by atoms with Crippen molar-refractivity contribution in [3.8, 4) is 28.7 Å². The summed E-state index contributed by atoms with van der Waals surface area (Å²) in [5.41, 5.74) is 3.92. The number of esters is 1. The number of benzene rings is 3. The Labute approximate surface area is 248 Å². The number of methoxy groups -OCH3 is 3. The molecule has 0 saturated carbocycles. The lowest BCUT2D eigenvalue weighted by Gasteiger charge is -2.40. The van der Waals surface area contributed by atoms with Crippen molar-refractivity contribution in [2.24, 2.45) is 11.8 Å². The van der Waals surface area contributed by atoms with Gasteiger partial charge in [-0.2, -0.15) is 0 Å². The van der Waals surface area contributed by atoms with E-state index in [0.29, 0.717) is 34.3 Å². The molecule has 3 aliphatic rings. The van der Waals surface area contributed by atoms with Gasteiger partial charge in [0.25, 0.3) is 5.91 Å². The van der Waals surface area contributed by atoms with E-state index in [1.54, 1.807) is 26.4 Å². The molecule has 0 bridgehead atoms. The van der Waals surface area contributed by atoms with Crippen LogP contribution in [0.15, 0.2) is 48.5 Å². The number of aryl methyl sites for hydroxylation is 1. The van der Waals surface area contributed by atoms with Gasteiger partial charge < -0.3 is 33.7 Å². The minimum absolute atomic E-state index is 0.0883. The molecule has 1 fully saturated rings. The maximum atomic E-state index is 13.4. The van der Waals surface area contributed by atoms with Crippen molar-refractivity contribution < 1.29 is 38.0 Å². The molecule has 0 radical (unpaired) electrons. The Balaban J connectivity index is 1.42. The van der Waals surface area contributed by atoms with Gasteiger partial charge in [0.1, 0.15) is 0 Å². The topological polar surface area (TPSA) is 114 Å². The Morgan fingerprint density at radius 3 is 2.26 bits per heavy atom. The standard InChI is InChI=1S/C31H30N2O8S/c1-15-6-5-7-16(8-15)29(34)33-31(42)32-27-19-12-22-21(40-14-41-22)11-18(19)25(26-20(27)13-39-30(26)35)17-9-23(36-2)28(38-4)24(10-17)37-3/h5-12,20,25-27H,13-14H2,1-4H3,(H2,32,33,34,42)/t20-,25+,26-,27+/m0/s1. The third kappa shape index (κ3) is 4.73. The van der Waals surface area contributed by atoms with Crippen LogP contribution in [0.25, 0.3) is 0 Å². The van der Waals surface area contributed by atoms with Crippen molar-refractivity contribution in [1.29, 1.82) is 0 Å². The summed E-state index contributed by atoms with van der Waals surface area (Å²) in [4.78, 5) is 26.3. The zero-order valence-electron chi connectivity index (χ0n) is 23.5. The van der Waals surface area contributed by atoms with Crippen LogP contribution in [0, 0.1) is 18.8 Å². The van der Waals surface area contributed by atoms with E-state index in [2.05, 4.69) is 10.6 Å². The van der Waals surface area contributed by atoms with Crippen LogP contribution in [0.1, 0.15) is 44.6 Å². The summed E-state index contributed by atoms with van der Waals surface area (Å²) in [6.07, 6.45) is 0. The normalized spacial score (nSPS) is 21.5. The SMILES string of the molecule is COc1cc([C@@H]2c3cc4c(cc3[C@@H](NC(=S)NC(=O)c3cccc(C)c3)[C@H]3COC(=O)[C@H]23)OCO4)cc(OC)c1OC.